The Morgan fingerprint density at radius 2 is 0.925 bits per heavy atom. The average Bonchev–Trinajstić information content (AvgIpc) is 1.57. The smallest absolute Gasteiger partial charge is 0.327 e. The van der Waals surface area contributed by atoms with Gasteiger partial charge in [-0.25, -0.2) is 4.79 Å². The van der Waals surface area contributed by atoms with Crippen molar-refractivity contribution in [1.29, 1.82) is 0 Å². The zero-order chi connectivity index (χ0) is 68.5. The standard InChI is InChI=1S/C63H71N7O22S/c1-33(71)87-44-18-9-15-41(51(44)90-36(4)74)55(80)64-30-12-27-63(28-13-31-65-56(81)42-16-10-19-45(88-34(2)72)52(42)91-37(5)75,29-14-32-66-57(82)43-17-11-20-46(89-35(3)73)53(43)92-38(6)76)69-48(79)26-25-47(78)67-49(39-21-23-40(77)24-22-39)58(83)68-50-59(84)70-54(61(85)86)62(7,8)93-60(50)70/h9-11,15-24,49-50,54,60,77H,12-14,25-32H2,1-8H3,(H,64,80)(H,65,81)(H,66,82)(H,67,78)(H,68,83)(H,69,79)(H,85,86)/t49-,50-,54+,60-/m1/s1. The molecule has 0 unspecified atom stereocenters. The largest absolute Gasteiger partial charge is 0.508 e. The first kappa shape index (κ1) is 71.7. The predicted octanol–water partition coefficient (Wildman–Crippen LogP) is 4.00. The van der Waals surface area contributed by atoms with Crippen molar-refractivity contribution in [2.24, 2.45) is 0 Å². The highest BCUT2D eigenvalue weighted by atomic mass is 32.2. The normalized spacial score (nSPS) is 15.5. The number of para-hydroxylation sites is 3. The minimum atomic E-state index is -1.50. The highest BCUT2D eigenvalue weighted by molar-refractivity contribution is 8.01. The van der Waals surface area contributed by atoms with Crippen molar-refractivity contribution in [2.45, 2.75) is 141 Å². The van der Waals surface area contributed by atoms with Crippen LogP contribution in [0.3, 0.4) is 0 Å². The number of thioether (sulfide) groups is 1. The van der Waals surface area contributed by atoms with Crippen LogP contribution in [-0.4, -0.2) is 146 Å². The summed E-state index contributed by atoms with van der Waals surface area (Å²) in [5.74, 6) is -13.3. The van der Waals surface area contributed by atoms with Gasteiger partial charge in [0.1, 0.15) is 29.2 Å². The second-order valence-corrected chi connectivity index (χ2v) is 23.8. The van der Waals surface area contributed by atoms with E-state index in [1.807, 2.05) is 0 Å². The molecule has 6 rings (SSSR count). The summed E-state index contributed by atoms with van der Waals surface area (Å²) >= 11 is 1.18. The lowest BCUT2D eigenvalue weighted by molar-refractivity contribution is -0.161. The number of phenolic OH excluding ortho intramolecular Hbond substituents is 1. The van der Waals surface area contributed by atoms with E-state index >= 15 is 0 Å². The molecule has 0 aromatic heterocycles. The zero-order valence-corrected chi connectivity index (χ0v) is 52.8. The summed E-state index contributed by atoms with van der Waals surface area (Å²) in [6.07, 6.45) is -0.829. The topological polar surface area (TPSA) is 410 Å². The highest BCUT2D eigenvalue weighted by Gasteiger charge is 2.64. The van der Waals surface area contributed by atoms with Crippen LogP contribution in [0.25, 0.3) is 0 Å². The Morgan fingerprint density at radius 3 is 1.29 bits per heavy atom. The molecular weight excluding hydrogens is 1240 g/mol. The van der Waals surface area contributed by atoms with Gasteiger partial charge in [0, 0.05) is 84.3 Å². The number of hydrogen-bond acceptors (Lipinski definition) is 22. The number of phenols is 1. The summed E-state index contributed by atoms with van der Waals surface area (Å²) in [5, 5.41) is 35.8. The second-order valence-electron chi connectivity index (χ2n) is 22.0. The van der Waals surface area contributed by atoms with Gasteiger partial charge in [-0.05, 0) is 106 Å². The maximum absolute atomic E-state index is 14.5. The van der Waals surface area contributed by atoms with Crippen LogP contribution in [0.15, 0.2) is 78.9 Å². The molecule has 0 bridgehead atoms. The van der Waals surface area contributed by atoms with E-state index in [9.17, 15) is 77.3 Å². The van der Waals surface area contributed by atoms with E-state index in [1.165, 1.54) is 95.5 Å². The maximum Gasteiger partial charge on any atom is 0.327 e. The van der Waals surface area contributed by atoms with Crippen molar-refractivity contribution >= 4 is 94.9 Å². The fourth-order valence-corrected chi connectivity index (χ4v) is 12.1. The van der Waals surface area contributed by atoms with E-state index in [2.05, 4.69) is 31.9 Å². The fraction of sp³-hybridized carbons (Fsp3) is 0.397. The molecule has 8 N–H and O–H groups in total. The van der Waals surface area contributed by atoms with Crippen LogP contribution in [0.4, 0.5) is 0 Å². The first-order chi connectivity index (χ1) is 43.9. The van der Waals surface area contributed by atoms with Crippen LogP contribution in [0.5, 0.6) is 40.2 Å². The lowest BCUT2D eigenvalue weighted by atomic mass is 9.83. The number of ether oxygens (including phenoxy) is 6. The Kier molecular flexibility index (Phi) is 24.7. The van der Waals surface area contributed by atoms with Gasteiger partial charge >= 0.3 is 41.8 Å². The average molecular weight is 1310 g/mol. The van der Waals surface area contributed by atoms with Gasteiger partial charge in [0.25, 0.3) is 17.7 Å². The molecule has 496 valence electrons. The highest BCUT2D eigenvalue weighted by Crippen LogP contribution is 2.51. The lowest BCUT2D eigenvalue weighted by Gasteiger charge is -2.44. The van der Waals surface area contributed by atoms with Gasteiger partial charge in [-0.1, -0.05) is 30.3 Å². The Balaban J connectivity index is 1.28. The summed E-state index contributed by atoms with van der Waals surface area (Å²) in [6.45, 7) is 9.50. The summed E-state index contributed by atoms with van der Waals surface area (Å²) < 4.78 is 30.5. The van der Waals surface area contributed by atoms with Crippen LogP contribution < -0.4 is 60.3 Å². The van der Waals surface area contributed by atoms with Gasteiger partial charge in [0.15, 0.2) is 34.5 Å². The minimum absolute atomic E-state index is 0.0174. The number of benzene rings is 4. The van der Waals surface area contributed by atoms with Gasteiger partial charge in [0.05, 0.1) is 16.7 Å². The number of rotatable bonds is 30. The van der Waals surface area contributed by atoms with Gasteiger partial charge in [-0.15, -0.1) is 11.8 Å². The molecule has 4 atom stereocenters. The van der Waals surface area contributed by atoms with E-state index in [1.54, 1.807) is 13.8 Å². The number of nitrogens with one attached hydrogen (secondary N) is 6. The molecule has 29 nitrogen and oxygen atoms in total. The molecule has 0 aliphatic carbocycles. The van der Waals surface area contributed by atoms with E-state index in [0.717, 1.165) is 41.5 Å². The van der Waals surface area contributed by atoms with Gasteiger partial charge in [-0.2, -0.15) is 0 Å². The molecule has 2 heterocycles. The third-order valence-electron chi connectivity index (χ3n) is 14.3. The summed E-state index contributed by atoms with van der Waals surface area (Å²) in [4.78, 5) is 183. The summed E-state index contributed by atoms with van der Waals surface area (Å²) in [5.41, 5.74) is -1.74. The van der Waals surface area contributed by atoms with Gasteiger partial charge in [-0.3, -0.25) is 62.3 Å². The molecule has 2 fully saturated rings. The molecule has 0 radical (unpaired) electrons. The van der Waals surface area contributed by atoms with Crippen LogP contribution in [0, 0.1) is 0 Å². The number of aliphatic carboxylic acids is 1. The zero-order valence-electron chi connectivity index (χ0n) is 52.0. The van der Waals surface area contributed by atoms with Gasteiger partial charge in [0.2, 0.25) is 23.6 Å². The number of hydrogen-bond donors (Lipinski definition) is 8. The third-order valence-corrected chi connectivity index (χ3v) is 15.8. The second kappa shape index (κ2) is 32.1. The molecule has 2 aliphatic heterocycles. The maximum atomic E-state index is 14.5. The number of β-lactam (4-membered cyclic amide) rings is 1. The number of carbonyl (C=O) groups excluding carboxylic acids is 13. The molecule has 0 saturated carbocycles. The van der Waals surface area contributed by atoms with E-state index in [4.69, 9.17) is 28.4 Å². The van der Waals surface area contributed by atoms with E-state index in [0.29, 0.717) is 0 Å². The van der Waals surface area contributed by atoms with Crippen LogP contribution in [0.2, 0.25) is 0 Å². The molecule has 30 heteroatoms. The van der Waals surface area contributed by atoms with E-state index < -0.39 is 130 Å². The fourth-order valence-electron chi connectivity index (χ4n) is 10.4. The Hall–Kier alpha value is -10.4. The number of aromatic hydroxyl groups is 1. The van der Waals surface area contributed by atoms with Crippen molar-refractivity contribution < 1.29 is 106 Å². The molecule has 0 spiro atoms. The van der Waals surface area contributed by atoms with Crippen LogP contribution >= 0.6 is 11.8 Å². The van der Waals surface area contributed by atoms with Gasteiger partial charge < -0.3 is 75.4 Å². The molecule has 4 aromatic rings. The quantitative estimate of drug-likeness (QED) is 0.0158. The Bertz CT molecular complexity index is 3350. The third kappa shape index (κ3) is 19.6. The Morgan fingerprint density at radius 1 is 0.548 bits per heavy atom. The summed E-state index contributed by atoms with van der Waals surface area (Å²) in [7, 11) is 0. The number of nitrogens with zero attached hydrogens (tertiary/aromatic N) is 1. The number of carboxylic acid groups (broad SMARTS) is 1. The van der Waals surface area contributed by atoms with Crippen molar-refractivity contribution in [3.63, 3.8) is 0 Å². The first-order valence-corrected chi connectivity index (χ1v) is 30.0. The predicted molar refractivity (Wildman–Crippen MR) is 327 cm³/mol. The SMILES string of the molecule is CC(=O)Oc1cccc(C(=O)NCCCC(CCCNC(=O)c2cccc(OC(C)=O)c2OC(C)=O)(CCCNC(=O)c2cccc(OC(C)=O)c2OC(C)=O)NC(=O)CCC(=O)N[C@@H](C(=O)N[C@@H]2C(=O)N3[C@@H]2SC(C)(C)[C@@H]3C(=O)O)c2ccc(O)cc2)c1OC(C)=O. The molecule has 2 saturated heterocycles. The molecule has 2 aliphatic rings. The number of carboxylic acids is 1. The Labute approximate surface area is 537 Å². The molecular formula is C63H71N7O22S. The minimum Gasteiger partial charge on any atom is -0.508 e. The molecule has 93 heavy (non-hydrogen) atoms. The number of fused-ring (bicyclic) bond motifs is 1. The first-order valence-electron chi connectivity index (χ1n) is 29.2. The lowest BCUT2D eigenvalue weighted by Crippen LogP contribution is -2.71. The number of amides is 7. The van der Waals surface area contributed by atoms with Crippen LogP contribution in [-0.2, 0) is 52.7 Å². The monoisotopic (exact) mass is 1310 g/mol. The number of esters is 6. The van der Waals surface area contributed by atoms with Crippen molar-refractivity contribution in [3.8, 4) is 40.2 Å². The molecule has 7 amide bonds. The van der Waals surface area contributed by atoms with Crippen molar-refractivity contribution in [2.75, 3.05) is 19.6 Å². The number of carbonyl (C=O) groups is 14. The summed E-state index contributed by atoms with van der Waals surface area (Å²) in [6, 6.07) is 13.5. The van der Waals surface area contributed by atoms with E-state index in [-0.39, 0.29) is 121 Å². The van der Waals surface area contributed by atoms with Crippen molar-refractivity contribution in [1.82, 2.24) is 36.8 Å². The van der Waals surface area contributed by atoms with Crippen LogP contribution in [0.1, 0.15) is 149 Å². The van der Waals surface area contributed by atoms with Crippen molar-refractivity contribution in [3.05, 3.63) is 101 Å². The molecule has 4 aromatic carbocycles.